The van der Waals surface area contributed by atoms with Gasteiger partial charge in [-0.25, -0.2) is 9.79 Å². The van der Waals surface area contributed by atoms with Gasteiger partial charge in [-0.15, -0.1) is 0 Å². The standard InChI is InChI=1S/C30H26BrN3O7S/c1-6-40-29(36)26-17(4)32-30-33(27(26)18-7-9-24(39-5)21(31)12-18)28(35)25(42-30)14-20-8-10-23(41-20)19-11-15(2)16(3)22(13-19)34(37)38/h7-14,27H,6H2,1-5H3/b25-14+/t27-/m0/s1. The molecule has 1 atom stereocenters. The molecule has 10 nitrogen and oxygen atoms in total. The number of aryl methyl sites for hydroxylation is 1. The van der Waals surface area contributed by atoms with E-state index in [1.165, 1.54) is 22.0 Å². The number of benzene rings is 2. The second kappa shape index (κ2) is 11.5. The zero-order chi connectivity index (χ0) is 30.3. The van der Waals surface area contributed by atoms with Gasteiger partial charge in [0.15, 0.2) is 4.80 Å². The average Bonchev–Trinajstić information content (AvgIpc) is 3.53. The number of methoxy groups -OCH3 is 1. The van der Waals surface area contributed by atoms with Crippen LogP contribution in [0.25, 0.3) is 17.4 Å². The second-order valence-electron chi connectivity index (χ2n) is 9.59. The summed E-state index contributed by atoms with van der Waals surface area (Å²) >= 11 is 4.68. The van der Waals surface area contributed by atoms with Crippen LogP contribution in [0.3, 0.4) is 0 Å². The molecular formula is C30H26BrN3O7S. The number of fused-ring (bicyclic) bond motifs is 1. The molecule has 42 heavy (non-hydrogen) atoms. The maximum Gasteiger partial charge on any atom is 0.338 e. The Hall–Kier alpha value is -4.29. The molecule has 2 aromatic heterocycles. The number of carbonyl (C=O) groups excluding carboxylic acids is 1. The van der Waals surface area contributed by atoms with Crippen LogP contribution in [0.5, 0.6) is 5.75 Å². The number of thiazole rings is 1. The molecule has 0 aliphatic carbocycles. The Kier molecular flexibility index (Phi) is 8.02. The van der Waals surface area contributed by atoms with Crippen molar-refractivity contribution in [3.8, 4) is 17.1 Å². The summed E-state index contributed by atoms with van der Waals surface area (Å²) in [6.07, 6.45) is 1.60. The molecule has 0 unspecified atom stereocenters. The third-order valence-electron chi connectivity index (χ3n) is 7.03. The fraction of sp³-hybridized carbons (Fsp3) is 0.233. The summed E-state index contributed by atoms with van der Waals surface area (Å²) in [7, 11) is 1.55. The molecule has 2 aromatic carbocycles. The molecule has 4 aromatic rings. The number of aromatic nitrogens is 1. The first kappa shape index (κ1) is 29.2. The highest BCUT2D eigenvalue weighted by Crippen LogP contribution is 2.35. The smallest absolute Gasteiger partial charge is 0.338 e. The van der Waals surface area contributed by atoms with Gasteiger partial charge in [-0.1, -0.05) is 17.4 Å². The number of nitrogens with zero attached hydrogens (tertiary/aromatic N) is 3. The van der Waals surface area contributed by atoms with Crippen LogP contribution in [0.1, 0.15) is 42.3 Å². The number of rotatable bonds is 7. The maximum atomic E-state index is 13.9. The van der Waals surface area contributed by atoms with Crippen LogP contribution in [0.2, 0.25) is 0 Å². The third-order valence-corrected chi connectivity index (χ3v) is 8.63. The van der Waals surface area contributed by atoms with Crippen LogP contribution >= 0.6 is 27.3 Å². The highest BCUT2D eigenvalue weighted by molar-refractivity contribution is 9.10. The Labute approximate surface area is 252 Å². The first-order chi connectivity index (χ1) is 20.0. The van der Waals surface area contributed by atoms with E-state index in [0.717, 1.165) is 5.56 Å². The van der Waals surface area contributed by atoms with Gasteiger partial charge in [0.2, 0.25) is 0 Å². The van der Waals surface area contributed by atoms with E-state index in [1.807, 2.05) is 6.07 Å². The van der Waals surface area contributed by atoms with Gasteiger partial charge in [-0.05, 0) is 85.1 Å². The minimum absolute atomic E-state index is 0.00852. The lowest BCUT2D eigenvalue weighted by Gasteiger charge is -2.25. The van der Waals surface area contributed by atoms with Crippen molar-refractivity contribution in [1.29, 1.82) is 0 Å². The molecule has 5 rings (SSSR count). The number of halogens is 1. The number of carbonyl (C=O) groups is 1. The van der Waals surface area contributed by atoms with Gasteiger partial charge >= 0.3 is 5.97 Å². The van der Waals surface area contributed by atoms with Crippen LogP contribution in [-0.2, 0) is 9.53 Å². The van der Waals surface area contributed by atoms with E-state index in [1.54, 1.807) is 71.2 Å². The van der Waals surface area contributed by atoms with Crippen molar-refractivity contribution in [2.24, 2.45) is 4.99 Å². The van der Waals surface area contributed by atoms with Crippen molar-refractivity contribution in [1.82, 2.24) is 4.57 Å². The Morgan fingerprint density at radius 2 is 1.98 bits per heavy atom. The summed E-state index contributed by atoms with van der Waals surface area (Å²) in [6.45, 7) is 7.12. The van der Waals surface area contributed by atoms with E-state index in [0.29, 0.717) is 53.5 Å². The van der Waals surface area contributed by atoms with E-state index in [-0.39, 0.29) is 23.4 Å². The van der Waals surface area contributed by atoms with E-state index in [4.69, 9.17) is 13.9 Å². The number of nitro groups is 1. The van der Waals surface area contributed by atoms with Crippen LogP contribution in [0.15, 0.2) is 72.4 Å². The number of furan rings is 1. The Bertz CT molecular complexity index is 1970. The largest absolute Gasteiger partial charge is 0.496 e. The molecule has 1 aliphatic heterocycles. The van der Waals surface area contributed by atoms with Gasteiger partial charge < -0.3 is 13.9 Å². The zero-order valence-corrected chi connectivity index (χ0v) is 25.8. The molecule has 0 radical (unpaired) electrons. The summed E-state index contributed by atoms with van der Waals surface area (Å²) in [5.41, 5.74) is 2.96. The maximum absolute atomic E-state index is 13.9. The van der Waals surface area contributed by atoms with Crippen LogP contribution in [-0.4, -0.2) is 29.2 Å². The fourth-order valence-corrected chi connectivity index (χ4v) is 6.43. The molecular weight excluding hydrogens is 626 g/mol. The van der Waals surface area contributed by atoms with Gasteiger partial charge in [0.05, 0.1) is 45.0 Å². The summed E-state index contributed by atoms with van der Waals surface area (Å²) in [5, 5.41) is 11.5. The zero-order valence-electron chi connectivity index (χ0n) is 23.4. The summed E-state index contributed by atoms with van der Waals surface area (Å²) in [5.74, 6) is 0.873. The summed E-state index contributed by atoms with van der Waals surface area (Å²) in [6, 6.07) is 11.3. The van der Waals surface area contributed by atoms with Gasteiger partial charge in [0.25, 0.3) is 11.2 Å². The molecule has 0 amide bonds. The van der Waals surface area contributed by atoms with Gasteiger partial charge in [-0.3, -0.25) is 19.5 Å². The van der Waals surface area contributed by atoms with E-state index < -0.39 is 16.9 Å². The van der Waals surface area contributed by atoms with E-state index in [2.05, 4.69) is 20.9 Å². The Morgan fingerprint density at radius 3 is 2.64 bits per heavy atom. The third kappa shape index (κ3) is 5.23. The highest BCUT2D eigenvalue weighted by Gasteiger charge is 2.33. The summed E-state index contributed by atoms with van der Waals surface area (Å²) < 4.78 is 19.2. The van der Waals surface area contributed by atoms with Crippen LogP contribution in [0, 0.1) is 24.0 Å². The summed E-state index contributed by atoms with van der Waals surface area (Å²) in [4.78, 5) is 43.1. The minimum Gasteiger partial charge on any atom is -0.496 e. The minimum atomic E-state index is -0.784. The number of allylic oxidation sites excluding steroid dienone is 1. The lowest BCUT2D eigenvalue weighted by atomic mass is 9.96. The molecule has 0 spiro atoms. The fourth-order valence-electron chi connectivity index (χ4n) is 4.85. The molecule has 0 N–H and O–H groups in total. The monoisotopic (exact) mass is 651 g/mol. The van der Waals surface area contributed by atoms with Crippen molar-refractivity contribution in [2.45, 2.75) is 33.7 Å². The van der Waals surface area contributed by atoms with Gasteiger partial charge in [0.1, 0.15) is 17.3 Å². The molecule has 0 saturated heterocycles. The quantitative estimate of drug-likeness (QED) is 0.150. The van der Waals surface area contributed by atoms with Crippen molar-refractivity contribution >= 4 is 45.0 Å². The molecule has 0 bridgehead atoms. The number of esters is 1. The number of ether oxygens (including phenoxy) is 2. The molecule has 3 heterocycles. The topological polar surface area (TPSA) is 126 Å². The van der Waals surface area contributed by atoms with Crippen molar-refractivity contribution in [3.05, 3.63) is 110 Å². The van der Waals surface area contributed by atoms with Crippen LogP contribution in [0.4, 0.5) is 5.69 Å². The lowest BCUT2D eigenvalue weighted by molar-refractivity contribution is -0.385. The lowest BCUT2D eigenvalue weighted by Crippen LogP contribution is -2.39. The van der Waals surface area contributed by atoms with Crippen molar-refractivity contribution in [2.75, 3.05) is 13.7 Å². The van der Waals surface area contributed by atoms with Crippen molar-refractivity contribution in [3.63, 3.8) is 0 Å². The SMILES string of the molecule is CCOC(=O)C1=C(C)N=c2s/c(=C/c3ccc(-c4cc(C)c(C)c([N+](=O)[O-])c4)o3)c(=O)n2[C@H]1c1ccc(OC)c(Br)c1. The predicted molar refractivity (Wildman–Crippen MR) is 161 cm³/mol. The first-order valence-corrected chi connectivity index (χ1v) is 14.5. The number of nitro benzene ring substituents is 1. The van der Waals surface area contributed by atoms with Crippen LogP contribution < -0.4 is 19.6 Å². The molecule has 0 fully saturated rings. The molecule has 12 heteroatoms. The highest BCUT2D eigenvalue weighted by atomic mass is 79.9. The first-order valence-electron chi connectivity index (χ1n) is 12.9. The van der Waals surface area contributed by atoms with E-state index in [9.17, 15) is 19.7 Å². The van der Waals surface area contributed by atoms with Crippen molar-refractivity contribution < 1.29 is 23.6 Å². The van der Waals surface area contributed by atoms with Gasteiger partial charge in [-0.2, -0.15) is 0 Å². The predicted octanol–water partition coefficient (Wildman–Crippen LogP) is 5.35. The number of hydrogen-bond donors (Lipinski definition) is 0. The second-order valence-corrected chi connectivity index (χ2v) is 11.5. The molecule has 0 saturated carbocycles. The Morgan fingerprint density at radius 1 is 1.21 bits per heavy atom. The molecule has 216 valence electrons. The Balaban J connectivity index is 1.63. The van der Waals surface area contributed by atoms with Gasteiger partial charge in [0, 0.05) is 23.3 Å². The van der Waals surface area contributed by atoms with E-state index >= 15 is 0 Å². The molecule has 1 aliphatic rings. The number of hydrogen-bond acceptors (Lipinski definition) is 9. The average molecular weight is 653 g/mol. The normalized spacial score (nSPS) is 14.9.